The van der Waals surface area contributed by atoms with Crippen molar-refractivity contribution in [2.24, 2.45) is 0 Å². The fourth-order valence-electron chi connectivity index (χ4n) is 1.12. The van der Waals surface area contributed by atoms with Crippen LogP contribution in [-0.2, 0) is 0 Å². The highest BCUT2D eigenvalue weighted by Gasteiger charge is 2.09. The van der Waals surface area contributed by atoms with Crippen LogP contribution in [-0.4, -0.2) is 28.6 Å². The maximum Gasteiger partial charge on any atom is 0.251 e. The molecule has 0 saturated carbocycles. The summed E-state index contributed by atoms with van der Waals surface area (Å²) in [5, 5.41) is 11.7. The summed E-state index contributed by atoms with van der Waals surface area (Å²) in [7, 11) is 0. The molecule has 1 rings (SSSR count). The van der Waals surface area contributed by atoms with Gasteiger partial charge in [0.1, 0.15) is 5.15 Å². The number of rotatable bonds is 4. The van der Waals surface area contributed by atoms with Crippen LogP contribution >= 0.6 is 11.6 Å². The van der Waals surface area contributed by atoms with E-state index in [-0.39, 0.29) is 23.7 Å². The second-order valence-corrected chi connectivity index (χ2v) is 3.64. The van der Waals surface area contributed by atoms with Gasteiger partial charge < -0.3 is 10.4 Å². The minimum absolute atomic E-state index is 0.0541. The van der Waals surface area contributed by atoms with Crippen molar-refractivity contribution in [2.45, 2.75) is 19.4 Å². The van der Waals surface area contributed by atoms with E-state index >= 15 is 0 Å². The Hall–Kier alpha value is -1.13. The number of carbonyl (C=O) groups is 1. The second kappa shape index (κ2) is 5.68. The lowest BCUT2D eigenvalue weighted by Crippen LogP contribution is -2.33. The lowest BCUT2D eigenvalue weighted by atomic mass is 10.2. The first-order valence-corrected chi connectivity index (χ1v) is 5.04. The highest BCUT2D eigenvalue weighted by atomic mass is 35.5. The minimum Gasteiger partial charge on any atom is -0.396 e. The molecule has 1 atom stereocenters. The number of aliphatic hydroxyl groups excluding tert-OH is 1. The zero-order chi connectivity index (χ0) is 11.3. The summed E-state index contributed by atoms with van der Waals surface area (Å²) in [4.78, 5) is 15.4. The molecule has 0 aliphatic heterocycles. The zero-order valence-electron chi connectivity index (χ0n) is 8.40. The Morgan fingerprint density at radius 2 is 2.47 bits per heavy atom. The molecule has 0 unspecified atom stereocenters. The van der Waals surface area contributed by atoms with Crippen molar-refractivity contribution in [3.05, 3.63) is 29.0 Å². The van der Waals surface area contributed by atoms with E-state index in [1.165, 1.54) is 12.3 Å². The van der Waals surface area contributed by atoms with Crippen molar-refractivity contribution >= 4 is 17.5 Å². The normalized spacial score (nSPS) is 12.2. The molecular formula is C10H13ClN2O2. The quantitative estimate of drug-likeness (QED) is 0.763. The maximum absolute atomic E-state index is 11.6. The number of aromatic nitrogens is 1. The van der Waals surface area contributed by atoms with Crippen molar-refractivity contribution in [1.82, 2.24) is 10.3 Å². The number of aliphatic hydroxyl groups is 1. The standard InChI is InChI=1S/C10H13ClN2O2/c1-7(3-5-14)13-10(15)8-2-4-12-9(11)6-8/h2,4,6-7,14H,3,5H2,1H3,(H,13,15)/t7-/m1/s1. The average Bonchev–Trinajstić information content (AvgIpc) is 2.18. The molecule has 0 radical (unpaired) electrons. The van der Waals surface area contributed by atoms with Gasteiger partial charge in [0.2, 0.25) is 0 Å². The van der Waals surface area contributed by atoms with E-state index in [0.29, 0.717) is 12.0 Å². The molecule has 0 saturated heterocycles. The van der Waals surface area contributed by atoms with E-state index in [1.54, 1.807) is 6.07 Å². The molecule has 0 aromatic carbocycles. The van der Waals surface area contributed by atoms with Gasteiger partial charge in [0.05, 0.1) is 0 Å². The first-order chi connectivity index (χ1) is 7.13. The van der Waals surface area contributed by atoms with Crippen LogP contribution in [0.1, 0.15) is 23.7 Å². The predicted molar refractivity (Wildman–Crippen MR) is 57.9 cm³/mol. The van der Waals surface area contributed by atoms with E-state index < -0.39 is 0 Å². The Balaban J connectivity index is 2.61. The lowest BCUT2D eigenvalue weighted by molar-refractivity contribution is 0.0934. The van der Waals surface area contributed by atoms with Crippen LogP contribution in [0.3, 0.4) is 0 Å². The number of carbonyl (C=O) groups excluding carboxylic acids is 1. The van der Waals surface area contributed by atoms with Gasteiger partial charge in [-0.3, -0.25) is 4.79 Å². The third-order valence-corrected chi connectivity index (χ3v) is 2.14. The third kappa shape index (κ3) is 3.85. The third-order valence-electron chi connectivity index (χ3n) is 1.93. The number of pyridine rings is 1. The van der Waals surface area contributed by atoms with Crippen molar-refractivity contribution < 1.29 is 9.90 Å². The van der Waals surface area contributed by atoms with Gasteiger partial charge in [0, 0.05) is 24.4 Å². The van der Waals surface area contributed by atoms with E-state index in [0.717, 1.165) is 0 Å². The van der Waals surface area contributed by atoms with Crippen LogP contribution in [0, 0.1) is 0 Å². The Morgan fingerprint density at radius 1 is 1.73 bits per heavy atom. The predicted octanol–water partition coefficient (Wildman–Crippen LogP) is 1.24. The van der Waals surface area contributed by atoms with Gasteiger partial charge in [-0.15, -0.1) is 0 Å². The summed E-state index contributed by atoms with van der Waals surface area (Å²) < 4.78 is 0. The van der Waals surface area contributed by atoms with E-state index in [1.807, 2.05) is 6.92 Å². The van der Waals surface area contributed by atoms with Gasteiger partial charge in [0.25, 0.3) is 5.91 Å². The SMILES string of the molecule is C[C@H](CCO)NC(=O)c1ccnc(Cl)c1. The maximum atomic E-state index is 11.6. The first kappa shape index (κ1) is 11.9. The topological polar surface area (TPSA) is 62.2 Å². The van der Waals surface area contributed by atoms with Crippen LogP contribution in [0.15, 0.2) is 18.3 Å². The Bertz CT molecular complexity index is 344. The Labute approximate surface area is 93.3 Å². The minimum atomic E-state index is -0.208. The Morgan fingerprint density at radius 3 is 3.07 bits per heavy atom. The number of halogens is 1. The molecule has 4 nitrogen and oxygen atoms in total. The molecule has 5 heteroatoms. The summed E-state index contributed by atoms with van der Waals surface area (Å²) in [6.45, 7) is 1.88. The molecule has 0 spiro atoms. The van der Waals surface area contributed by atoms with Crippen LogP contribution in [0.4, 0.5) is 0 Å². The Kier molecular flexibility index (Phi) is 4.52. The molecule has 0 aliphatic rings. The molecule has 2 N–H and O–H groups in total. The molecule has 1 aromatic rings. The molecule has 0 bridgehead atoms. The molecular weight excluding hydrogens is 216 g/mol. The second-order valence-electron chi connectivity index (χ2n) is 3.25. The van der Waals surface area contributed by atoms with Crippen LogP contribution in [0.25, 0.3) is 0 Å². The van der Waals surface area contributed by atoms with Crippen molar-refractivity contribution in [1.29, 1.82) is 0 Å². The summed E-state index contributed by atoms with van der Waals surface area (Å²) >= 11 is 5.66. The van der Waals surface area contributed by atoms with Gasteiger partial charge in [0.15, 0.2) is 0 Å². The number of nitrogens with zero attached hydrogens (tertiary/aromatic N) is 1. The van der Waals surface area contributed by atoms with E-state index in [9.17, 15) is 4.79 Å². The fraction of sp³-hybridized carbons (Fsp3) is 0.400. The van der Waals surface area contributed by atoms with Crippen molar-refractivity contribution in [3.63, 3.8) is 0 Å². The van der Waals surface area contributed by atoms with Crippen molar-refractivity contribution in [3.8, 4) is 0 Å². The van der Waals surface area contributed by atoms with Crippen LogP contribution in [0.2, 0.25) is 5.15 Å². The molecule has 15 heavy (non-hydrogen) atoms. The van der Waals surface area contributed by atoms with Crippen molar-refractivity contribution in [2.75, 3.05) is 6.61 Å². The number of nitrogens with one attached hydrogen (secondary N) is 1. The van der Waals surface area contributed by atoms with Gasteiger partial charge >= 0.3 is 0 Å². The molecule has 0 aliphatic carbocycles. The van der Waals surface area contributed by atoms with Gasteiger partial charge in [-0.1, -0.05) is 11.6 Å². The molecule has 1 heterocycles. The number of hydrogen-bond donors (Lipinski definition) is 2. The lowest BCUT2D eigenvalue weighted by Gasteiger charge is -2.12. The summed E-state index contributed by atoms with van der Waals surface area (Å²) in [5.41, 5.74) is 0.472. The van der Waals surface area contributed by atoms with Gasteiger partial charge in [-0.25, -0.2) is 4.98 Å². The monoisotopic (exact) mass is 228 g/mol. The fourth-order valence-corrected chi connectivity index (χ4v) is 1.29. The van der Waals surface area contributed by atoms with Crippen LogP contribution in [0.5, 0.6) is 0 Å². The average molecular weight is 229 g/mol. The van der Waals surface area contributed by atoms with Crippen LogP contribution < -0.4 is 5.32 Å². The first-order valence-electron chi connectivity index (χ1n) is 4.66. The molecule has 1 amide bonds. The molecule has 82 valence electrons. The highest BCUT2D eigenvalue weighted by molar-refractivity contribution is 6.29. The number of amides is 1. The summed E-state index contributed by atoms with van der Waals surface area (Å²) in [6.07, 6.45) is 2.01. The van der Waals surface area contributed by atoms with Gasteiger partial charge in [-0.2, -0.15) is 0 Å². The largest absolute Gasteiger partial charge is 0.396 e. The number of hydrogen-bond acceptors (Lipinski definition) is 3. The smallest absolute Gasteiger partial charge is 0.251 e. The summed E-state index contributed by atoms with van der Waals surface area (Å²) in [5.74, 6) is -0.208. The highest BCUT2D eigenvalue weighted by Crippen LogP contribution is 2.07. The van der Waals surface area contributed by atoms with E-state index in [4.69, 9.17) is 16.7 Å². The molecule has 0 fully saturated rings. The molecule has 1 aromatic heterocycles. The van der Waals surface area contributed by atoms with Gasteiger partial charge in [-0.05, 0) is 25.5 Å². The zero-order valence-corrected chi connectivity index (χ0v) is 9.16. The summed E-state index contributed by atoms with van der Waals surface area (Å²) in [6, 6.07) is 3.03. The van der Waals surface area contributed by atoms with E-state index in [2.05, 4.69) is 10.3 Å².